The van der Waals surface area contributed by atoms with Crippen LogP contribution in [0.1, 0.15) is 50.2 Å². The zero-order valence-corrected chi connectivity index (χ0v) is 19.1. The van der Waals surface area contributed by atoms with Gasteiger partial charge in [0.25, 0.3) is 0 Å². The largest absolute Gasteiger partial charge is 0.439 e. The fraction of sp³-hybridized carbons (Fsp3) is 0.462. The second-order valence-electron chi connectivity index (χ2n) is 10.2. The number of aryl methyl sites for hydroxylation is 2. The van der Waals surface area contributed by atoms with Crippen molar-refractivity contribution in [2.75, 3.05) is 5.32 Å². The van der Waals surface area contributed by atoms with E-state index >= 15 is 0 Å². The molecule has 7 nitrogen and oxygen atoms in total. The number of nitrogens with zero attached hydrogens (tertiary/aromatic N) is 4. The monoisotopic (exact) mass is 443 g/mol. The summed E-state index contributed by atoms with van der Waals surface area (Å²) >= 11 is 0. The van der Waals surface area contributed by atoms with Crippen LogP contribution in [0.4, 0.5) is 5.69 Å². The summed E-state index contributed by atoms with van der Waals surface area (Å²) in [5, 5.41) is 3.20. The molecule has 2 heterocycles. The number of carbonyl (C=O) groups excluding carboxylic acids is 1. The number of amides is 1. The average Bonchev–Trinajstić information content (AvgIpc) is 3.20. The number of aromatic nitrogens is 4. The van der Waals surface area contributed by atoms with Gasteiger partial charge in [0.05, 0.1) is 5.41 Å². The van der Waals surface area contributed by atoms with Crippen molar-refractivity contribution in [3.63, 3.8) is 0 Å². The van der Waals surface area contributed by atoms with Crippen molar-refractivity contribution in [1.82, 2.24) is 19.5 Å². The van der Waals surface area contributed by atoms with Crippen molar-refractivity contribution >= 4 is 11.6 Å². The summed E-state index contributed by atoms with van der Waals surface area (Å²) in [5.41, 5.74) is 0.668. The fourth-order valence-electron chi connectivity index (χ4n) is 6.70. The Morgan fingerprint density at radius 3 is 2.30 bits per heavy atom. The Bertz CT molecular complexity index is 1160. The summed E-state index contributed by atoms with van der Waals surface area (Å²) in [4.78, 5) is 26.4. The number of hydrogen-bond donors (Lipinski definition) is 1. The van der Waals surface area contributed by atoms with E-state index < -0.39 is 0 Å². The number of benzene rings is 1. The summed E-state index contributed by atoms with van der Waals surface area (Å²) in [5.74, 6) is 5.78. The lowest BCUT2D eigenvalue weighted by atomic mass is 9.49. The van der Waals surface area contributed by atoms with E-state index in [1.807, 2.05) is 48.9 Å². The highest BCUT2D eigenvalue weighted by atomic mass is 16.5. The molecule has 170 valence electrons. The topological polar surface area (TPSA) is 81.9 Å². The van der Waals surface area contributed by atoms with Gasteiger partial charge in [-0.25, -0.2) is 9.97 Å². The molecule has 0 radical (unpaired) electrons. The SMILES string of the molecule is Cc1nc(Oc2ccc(NC(=O)C34CC5CC(CC(C5)C3)C4)cc2)cc(-n2ccnc2C)n1. The first kappa shape index (κ1) is 20.4. The highest BCUT2D eigenvalue weighted by molar-refractivity contribution is 5.95. The zero-order chi connectivity index (χ0) is 22.6. The van der Waals surface area contributed by atoms with Gasteiger partial charge in [0.1, 0.15) is 23.2 Å². The second-order valence-corrected chi connectivity index (χ2v) is 10.2. The third-order valence-corrected chi connectivity index (χ3v) is 7.73. The van der Waals surface area contributed by atoms with Crippen LogP contribution in [0.2, 0.25) is 0 Å². The van der Waals surface area contributed by atoms with Gasteiger partial charge in [-0.15, -0.1) is 0 Å². The fourth-order valence-corrected chi connectivity index (χ4v) is 6.70. The van der Waals surface area contributed by atoms with Gasteiger partial charge in [-0.2, -0.15) is 4.98 Å². The highest BCUT2D eigenvalue weighted by Crippen LogP contribution is 2.60. The molecular weight excluding hydrogens is 414 g/mol. The summed E-state index contributed by atoms with van der Waals surface area (Å²) < 4.78 is 7.89. The van der Waals surface area contributed by atoms with E-state index in [0.717, 1.165) is 48.5 Å². The van der Waals surface area contributed by atoms with Crippen LogP contribution in [-0.2, 0) is 4.79 Å². The Hall–Kier alpha value is -3.22. The van der Waals surface area contributed by atoms with Crippen LogP contribution in [0.5, 0.6) is 11.6 Å². The van der Waals surface area contributed by atoms with Crippen LogP contribution in [0.15, 0.2) is 42.7 Å². The normalized spacial score (nSPS) is 27.5. The molecule has 1 N–H and O–H groups in total. The Morgan fingerprint density at radius 1 is 1.03 bits per heavy atom. The van der Waals surface area contributed by atoms with Gasteiger partial charge in [0.2, 0.25) is 11.8 Å². The number of ether oxygens (including phenoxy) is 1. The van der Waals surface area contributed by atoms with Crippen LogP contribution in [0.25, 0.3) is 5.82 Å². The molecular formula is C26H29N5O2. The van der Waals surface area contributed by atoms with Gasteiger partial charge in [-0.1, -0.05) is 0 Å². The third kappa shape index (κ3) is 3.79. The smallest absolute Gasteiger partial charge is 0.230 e. The number of carbonyl (C=O) groups is 1. The Kier molecular flexibility index (Phi) is 4.75. The van der Waals surface area contributed by atoms with Gasteiger partial charge in [-0.3, -0.25) is 9.36 Å². The molecule has 4 aliphatic carbocycles. The Labute approximate surface area is 193 Å². The standard InChI is InChI=1S/C26H29N5O2/c1-16-28-23(31-8-7-27-17(31)2)12-24(29-16)33-22-5-3-21(4-6-22)30-25(32)26-13-18-9-19(14-26)11-20(10-18)15-26/h3-8,12,18-20H,9-11,13-15H2,1-2H3,(H,30,32). The number of imidazole rings is 1. The lowest BCUT2D eigenvalue weighted by Gasteiger charge is -2.55. The maximum absolute atomic E-state index is 13.3. The molecule has 4 saturated carbocycles. The van der Waals surface area contributed by atoms with E-state index in [9.17, 15) is 4.79 Å². The first-order valence-electron chi connectivity index (χ1n) is 11.9. The predicted molar refractivity (Wildman–Crippen MR) is 124 cm³/mol. The van der Waals surface area contributed by atoms with Crippen LogP contribution in [0.3, 0.4) is 0 Å². The van der Waals surface area contributed by atoms with Gasteiger partial charge >= 0.3 is 0 Å². The van der Waals surface area contributed by atoms with E-state index in [4.69, 9.17) is 4.74 Å². The Morgan fingerprint density at radius 2 is 1.70 bits per heavy atom. The molecule has 2 aromatic heterocycles. The summed E-state index contributed by atoms with van der Waals surface area (Å²) in [6, 6.07) is 9.35. The van der Waals surface area contributed by atoms with Crippen molar-refractivity contribution in [2.24, 2.45) is 23.2 Å². The van der Waals surface area contributed by atoms with Crippen LogP contribution < -0.4 is 10.1 Å². The van der Waals surface area contributed by atoms with Gasteiger partial charge in [0.15, 0.2) is 0 Å². The van der Waals surface area contributed by atoms with Crippen LogP contribution in [-0.4, -0.2) is 25.4 Å². The first-order chi connectivity index (χ1) is 16.0. The number of anilines is 1. The lowest BCUT2D eigenvalue weighted by molar-refractivity contribution is -0.140. The molecule has 0 saturated heterocycles. The van der Waals surface area contributed by atoms with E-state index in [2.05, 4.69) is 20.3 Å². The van der Waals surface area contributed by atoms with Crippen molar-refractivity contribution in [1.29, 1.82) is 0 Å². The molecule has 7 rings (SSSR count). The average molecular weight is 444 g/mol. The maximum atomic E-state index is 13.3. The van der Waals surface area contributed by atoms with Crippen LogP contribution in [0, 0.1) is 37.0 Å². The van der Waals surface area contributed by atoms with Crippen molar-refractivity contribution in [3.05, 3.63) is 54.4 Å². The second kappa shape index (κ2) is 7.68. The van der Waals surface area contributed by atoms with Crippen molar-refractivity contribution in [3.8, 4) is 17.4 Å². The molecule has 4 bridgehead atoms. The zero-order valence-electron chi connectivity index (χ0n) is 19.1. The van der Waals surface area contributed by atoms with Gasteiger partial charge < -0.3 is 10.1 Å². The minimum Gasteiger partial charge on any atom is -0.439 e. The highest BCUT2D eigenvalue weighted by Gasteiger charge is 2.54. The maximum Gasteiger partial charge on any atom is 0.230 e. The Balaban J connectivity index is 1.15. The summed E-state index contributed by atoms with van der Waals surface area (Å²) in [6.45, 7) is 3.76. The third-order valence-electron chi connectivity index (χ3n) is 7.73. The number of nitrogens with one attached hydrogen (secondary N) is 1. The quantitative estimate of drug-likeness (QED) is 0.584. The van der Waals surface area contributed by atoms with E-state index in [1.54, 1.807) is 12.3 Å². The molecule has 0 unspecified atom stereocenters. The number of hydrogen-bond acceptors (Lipinski definition) is 5. The predicted octanol–water partition coefficient (Wildman–Crippen LogP) is 5.23. The summed E-state index contributed by atoms with van der Waals surface area (Å²) in [7, 11) is 0. The molecule has 3 aromatic rings. The molecule has 1 amide bonds. The molecule has 0 spiro atoms. The summed E-state index contributed by atoms with van der Waals surface area (Å²) in [6.07, 6.45) is 10.8. The van der Waals surface area contributed by atoms with E-state index in [-0.39, 0.29) is 11.3 Å². The minimum atomic E-state index is -0.149. The van der Waals surface area contributed by atoms with Gasteiger partial charge in [0, 0.05) is 24.1 Å². The van der Waals surface area contributed by atoms with Crippen LogP contribution >= 0.6 is 0 Å². The minimum absolute atomic E-state index is 0.149. The molecule has 0 atom stereocenters. The molecule has 4 fully saturated rings. The first-order valence-corrected chi connectivity index (χ1v) is 11.9. The van der Waals surface area contributed by atoms with E-state index in [0.29, 0.717) is 23.3 Å². The molecule has 4 aliphatic rings. The molecule has 1 aromatic carbocycles. The molecule has 33 heavy (non-hydrogen) atoms. The number of rotatable bonds is 5. The van der Waals surface area contributed by atoms with Crippen molar-refractivity contribution in [2.45, 2.75) is 52.4 Å². The van der Waals surface area contributed by atoms with E-state index in [1.165, 1.54) is 19.3 Å². The molecule has 7 heteroatoms. The van der Waals surface area contributed by atoms with Crippen molar-refractivity contribution < 1.29 is 9.53 Å². The lowest BCUT2D eigenvalue weighted by Crippen LogP contribution is -2.51. The molecule has 0 aliphatic heterocycles. The van der Waals surface area contributed by atoms with Gasteiger partial charge in [-0.05, 0) is 94.4 Å².